The number of pyridine rings is 1. The van der Waals surface area contributed by atoms with E-state index in [9.17, 15) is 4.79 Å². The van der Waals surface area contributed by atoms with Crippen molar-refractivity contribution in [3.8, 4) is 0 Å². The molecule has 4 nitrogen and oxygen atoms in total. The normalized spacial score (nSPS) is 10.4. The molecule has 0 aliphatic carbocycles. The highest BCUT2D eigenvalue weighted by Gasteiger charge is 2.02. The fourth-order valence-corrected chi connectivity index (χ4v) is 1.42. The first-order valence-electron chi connectivity index (χ1n) is 4.07. The molecule has 72 valence electrons. The zero-order valence-corrected chi connectivity index (χ0v) is 8.25. The van der Waals surface area contributed by atoms with Gasteiger partial charge in [0.1, 0.15) is 0 Å². The van der Waals surface area contributed by atoms with E-state index >= 15 is 0 Å². The molecule has 0 saturated carbocycles. The smallest absolute Gasteiger partial charge is 0.221 e. The molecule has 0 bridgehead atoms. The lowest BCUT2D eigenvalue weighted by Gasteiger charge is -2.01. The van der Waals surface area contributed by atoms with E-state index in [0.29, 0.717) is 10.7 Å². The number of hydrogen-bond donors (Lipinski definition) is 1. The molecule has 0 radical (unpaired) electrons. The number of rotatable bonds is 1. The molecule has 0 aromatic carbocycles. The van der Waals surface area contributed by atoms with Gasteiger partial charge < -0.3 is 5.32 Å². The number of fused-ring (bicyclic) bond motifs is 1. The van der Waals surface area contributed by atoms with Crippen LogP contribution in [0.1, 0.15) is 6.92 Å². The summed E-state index contributed by atoms with van der Waals surface area (Å²) in [7, 11) is 0. The molecular weight excluding hydrogens is 202 g/mol. The number of hydrogen-bond acceptors (Lipinski definition) is 2. The van der Waals surface area contributed by atoms with Crippen molar-refractivity contribution in [2.75, 3.05) is 5.32 Å². The van der Waals surface area contributed by atoms with Gasteiger partial charge in [0.15, 0.2) is 0 Å². The molecule has 14 heavy (non-hydrogen) atoms. The van der Waals surface area contributed by atoms with Crippen LogP contribution in [0.4, 0.5) is 5.69 Å². The molecule has 2 aromatic heterocycles. The molecule has 0 aliphatic rings. The van der Waals surface area contributed by atoms with Gasteiger partial charge in [-0.3, -0.25) is 4.79 Å². The second-order valence-electron chi connectivity index (χ2n) is 2.92. The Kier molecular flexibility index (Phi) is 2.13. The minimum absolute atomic E-state index is 0.106. The molecule has 2 heterocycles. The summed E-state index contributed by atoms with van der Waals surface area (Å²) in [6.45, 7) is 1.46. The lowest BCUT2D eigenvalue weighted by molar-refractivity contribution is -0.114. The zero-order chi connectivity index (χ0) is 10.1. The summed E-state index contributed by atoms with van der Waals surface area (Å²) in [4.78, 5) is 10.8. The average Bonchev–Trinajstić information content (AvgIpc) is 2.47. The van der Waals surface area contributed by atoms with Crippen molar-refractivity contribution in [3.63, 3.8) is 0 Å². The Morgan fingerprint density at radius 2 is 2.43 bits per heavy atom. The van der Waals surface area contributed by atoms with Crippen molar-refractivity contribution >= 4 is 28.7 Å². The Bertz CT molecular complexity index is 492. The van der Waals surface area contributed by atoms with Gasteiger partial charge in [-0.2, -0.15) is 5.10 Å². The standard InChI is InChI=1S/C9H8ClN3O/c1-6(14)12-7-2-3-13-9(4-7)8(10)5-11-13/h2-5H,1H3,(H,12,14). The largest absolute Gasteiger partial charge is 0.326 e. The Balaban J connectivity index is 2.49. The predicted octanol–water partition coefficient (Wildman–Crippen LogP) is 1.95. The fraction of sp³-hybridized carbons (Fsp3) is 0.111. The van der Waals surface area contributed by atoms with E-state index in [-0.39, 0.29) is 5.91 Å². The van der Waals surface area contributed by atoms with Crippen molar-refractivity contribution in [3.05, 3.63) is 29.5 Å². The van der Waals surface area contributed by atoms with Crippen molar-refractivity contribution in [1.82, 2.24) is 9.61 Å². The summed E-state index contributed by atoms with van der Waals surface area (Å²) in [5, 5.41) is 7.25. The molecule has 1 N–H and O–H groups in total. The SMILES string of the molecule is CC(=O)Nc1ccn2ncc(Cl)c2c1. The summed E-state index contributed by atoms with van der Waals surface area (Å²) in [5.41, 5.74) is 1.49. The summed E-state index contributed by atoms with van der Waals surface area (Å²) in [6.07, 6.45) is 3.31. The molecular formula is C9H8ClN3O. The summed E-state index contributed by atoms with van der Waals surface area (Å²) >= 11 is 5.89. The van der Waals surface area contributed by atoms with Crippen LogP contribution in [0.2, 0.25) is 5.02 Å². The minimum atomic E-state index is -0.106. The third-order valence-corrected chi connectivity index (χ3v) is 2.09. The lowest BCUT2D eigenvalue weighted by Crippen LogP contribution is -2.05. The molecule has 2 aromatic rings. The van der Waals surface area contributed by atoms with Crippen molar-refractivity contribution in [2.24, 2.45) is 0 Å². The van der Waals surface area contributed by atoms with E-state index in [4.69, 9.17) is 11.6 Å². The van der Waals surface area contributed by atoms with Crippen LogP contribution >= 0.6 is 11.6 Å². The second kappa shape index (κ2) is 3.31. The van der Waals surface area contributed by atoms with E-state index in [1.165, 1.54) is 6.92 Å². The fourth-order valence-electron chi connectivity index (χ4n) is 1.23. The van der Waals surface area contributed by atoms with Gasteiger partial charge in [-0.05, 0) is 12.1 Å². The average molecular weight is 210 g/mol. The lowest BCUT2D eigenvalue weighted by atomic mass is 10.3. The summed E-state index contributed by atoms with van der Waals surface area (Å²) < 4.78 is 1.65. The number of anilines is 1. The molecule has 0 atom stereocenters. The van der Waals surface area contributed by atoms with Crippen molar-refractivity contribution in [2.45, 2.75) is 6.92 Å². The molecule has 0 spiro atoms. The van der Waals surface area contributed by atoms with Gasteiger partial charge in [0.2, 0.25) is 5.91 Å². The van der Waals surface area contributed by atoms with E-state index < -0.39 is 0 Å². The third kappa shape index (κ3) is 1.56. The van der Waals surface area contributed by atoms with Gasteiger partial charge in [-0.25, -0.2) is 4.52 Å². The first kappa shape index (κ1) is 9.02. The highest BCUT2D eigenvalue weighted by atomic mass is 35.5. The van der Waals surface area contributed by atoms with Crippen LogP contribution in [-0.2, 0) is 4.79 Å². The van der Waals surface area contributed by atoms with Crippen LogP contribution in [0.25, 0.3) is 5.52 Å². The topological polar surface area (TPSA) is 46.4 Å². The van der Waals surface area contributed by atoms with Gasteiger partial charge in [-0.1, -0.05) is 11.6 Å². The maximum atomic E-state index is 10.8. The Hall–Kier alpha value is -1.55. The molecule has 1 amide bonds. The zero-order valence-electron chi connectivity index (χ0n) is 7.49. The van der Waals surface area contributed by atoms with E-state index in [2.05, 4.69) is 10.4 Å². The Morgan fingerprint density at radius 1 is 1.64 bits per heavy atom. The highest BCUT2D eigenvalue weighted by Crippen LogP contribution is 2.19. The van der Waals surface area contributed by atoms with Crippen LogP contribution in [0.5, 0.6) is 0 Å². The van der Waals surface area contributed by atoms with Crippen molar-refractivity contribution in [1.29, 1.82) is 0 Å². The number of halogens is 1. The third-order valence-electron chi connectivity index (χ3n) is 1.79. The van der Waals surface area contributed by atoms with E-state index in [1.54, 1.807) is 29.0 Å². The molecule has 0 unspecified atom stereocenters. The van der Waals surface area contributed by atoms with Crippen LogP contribution in [-0.4, -0.2) is 15.5 Å². The highest BCUT2D eigenvalue weighted by molar-refractivity contribution is 6.33. The maximum Gasteiger partial charge on any atom is 0.221 e. The number of nitrogens with one attached hydrogen (secondary N) is 1. The van der Waals surface area contributed by atoms with Crippen molar-refractivity contribution < 1.29 is 4.79 Å². The van der Waals surface area contributed by atoms with Gasteiger partial charge in [-0.15, -0.1) is 0 Å². The van der Waals surface area contributed by atoms with E-state index in [0.717, 1.165) is 5.52 Å². The molecule has 0 aliphatic heterocycles. The second-order valence-corrected chi connectivity index (χ2v) is 3.33. The monoisotopic (exact) mass is 209 g/mol. The Labute approximate surface area is 85.5 Å². The van der Waals surface area contributed by atoms with Gasteiger partial charge in [0.25, 0.3) is 0 Å². The minimum Gasteiger partial charge on any atom is -0.326 e. The van der Waals surface area contributed by atoms with Crippen LogP contribution in [0.15, 0.2) is 24.5 Å². The maximum absolute atomic E-state index is 10.8. The first-order chi connectivity index (χ1) is 6.66. The molecule has 0 fully saturated rings. The number of carbonyl (C=O) groups is 1. The van der Waals surface area contributed by atoms with Gasteiger partial charge >= 0.3 is 0 Å². The van der Waals surface area contributed by atoms with Crippen LogP contribution < -0.4 is 5.32 Å². The molecule has 5 heteroatoms. The van der Waals surface area contributed by atoms with E-state index in [1.807, 2.05) is 0 Å². The quantitative estimate of drug-likeness (QED) is 0.780. The molecule has 2 rings (SSSR count). The number of aromatic nitrogens is 2. The van der Waals surface area contributed by atoms with Gasteiger partial charge in [0.05, 0.1) is 16.7 Å². The predicted molar refractivity (Wildman–Crippen MR) is 54.5 cm³/mol. The number of carbonyl (C=O) groups excluding carboxylic acids is 1. The first-order valence-corrected chi connectivity index (χ1v) is 4.45. The number of nitrogens with zero attached hydrogens (tertiary/aromatic N) is 2. The molecule has 0 saturated heterocycles. The van der Waals surface area contributed by atoms with Crippen LogP contribution in [0, 0.1) is 0 Å². The van der Waals surface area contributed by atoms with Crippen LogP contribution in [0.3, 0.4) is 0 Å². The summed E-state index contributed by atoms with van der Waals surface area (Å²) in [5.74, 6) is -0.106. The summed E-state index contributed by atoms with van der Waals surface area (Å²) in [6, 6.07) is 3.54. The van der Waals surface area contributed by atoms with Gasteiger partial charge in [0, 0.05) is 18.8 Å². The number of amides is 1. The Morgan fingerprint density at radius 3 is 3.14 bits per heavy atom.